The van der Waals surface area contributed by atoms with Crippen LogP contribution in [0, 0.1) is 47.3 Å². The van der Waals surface area contributed by atoms with Crippen molar-refractivity contribution in [2.75, 3.05) is 6.54 Å². The van der Waals surface area contributed by atoms with E-state index < -0.39 is 145 Å². The highest BCUT2D eigenvalue weighted by atomic mass is 19.2. The Labute approximate surface area is 481 Å². The third-order valence-electron chi connectivity index (χ3n) is 17.2. The van der Waals surface area contributed by atoms with E-state index in [1.54, 1.807) is 40.7 Å². The fraction of sp³-hybridized carbons (Fsp3) is 0.733. The molecule has 21 atom stereocenters. The van der Waals surface area contributed by atoms with Crippen molar-refractivity contribution >= 4 is 35.4 Å². The van der Waals surface area contributed by atoms with Crippen LogP contribution in [-0.2, 0) is 33.5 Å². The number of hydrogen-bond acceptors (Lipinski definition) is 16. The zero-order chi connectivity index (χ0) is 61.4. The molecule has 3 aliphatic heterocycles. The van der Waals surface area contributed by atoms with Crippen molar-refractivity contribution in [1.29, 1.82) is 0 Å². The van der Waals surface area contributed by atoms with Crippen molar-refractivity contribution < 1.29 is 83.1 Å². The Balaban J connectivity index is 1.57. The van der Waals surface area contributed by atoms with E-state index in [0.717, 1.165) is 23.6 Å². The van der Waals surface area contributed by atoms with E-state index in [0.29, 0.717) is 12.0 Å². The molecular formula is C60H95F2N5O15. The lowest BCUT2D eigenvalue weighted by atomic mass is 9.74. The number of ketones is 1. The summed E-state index contributed by atoms with van der Waals surface area (Å²) in [5.41, 5.74) is 3.14. The summed E-state index contributed by atoms with van der Waals surface area (Å²) in [6.07, 6.45) is -3.88. The summed E-state index contributed by atoms with van der Waals surface area (Å²) in [5, 5.41) is 98.7. The minimum Gasteiger partial charge on any atom is -0.456 e. The quantitative estimate of drug-likeness (QED) is 0.0616. The van der Waals surface area contributed by atoms with Gasteiger partial charge in [-0.1, -0.05) is 85.8 Å². The molecule has 21 unspecified atom stereocenters. The van der Waals surface area contributed by atoms with Gasteiger partial charge in [0.25, 0.3) is 5.91 Å². The number of piperidine rings is 1. The van der Waals surface area contributed by atoms with Gasteiger partial charge in [-0.2, -0.15) is 0 Å². The molecule has 2 saturated heterocycles. The second kappa shape index (κ2) is 32.5. The van der Waals surface area contributed by atoms with E-state index >= 15 is 0 Å². The molecule has 4 aliphatic rings. The van der Waals surface area contributed by atoms with Crippen LogP contribution in [0.25, 0.3) is 0 Å². The minimum absolute atomic E-state index is 0.00808. The van der Waals surface area contributed by atoms with Crippen LogP contribution in [0.1, 0.15) is 140 Å². The predicted molar refractivity (Wildman–Crippen MR) is 301 cm³/mol. The van der Waals surface area contributed by atoms with E-state index in [4.69, 9.17) is 4.74 Å². The second-order valence-corrected chi connectivity index (χ2v) is 24.1. The number of ether oxygens (including phenoxy) is 1. The number of amides is 4. The Morgan fingerprint density at radius 2 is 1.56 bits per heavy atom. The zero-order valence-corrected chi connectivity index (χ0v) is 49.4. The fourth-order valence-corrected chi connectivity index (χ4v) is 11.3. The molecule has 82 heavy (non-hydrogen) atoms. The molecule has 20 nitrogen and oxygen atoms in total. The van der Waals surface area contributed by atoms with Crippen LogP contribution < -0.4 is 21.4 Å². The molecule has 4 rings (SSSR count). The highest BCUT2D eigenvalue weighted by Crippen LogP contribution is 2.33. The van der Waals surface area contributed by atoms with Crippen LogP contribution in [0.2, 0.25) is 0 Å². The van der Waals surface area contributed by atoms with E-state index in [1.165, 1.54) is 38.2 Å². The van der Waals surface area contributed by atoms with Gasteiger partial charge in [-0.25, -0.2) is 14.2 Å². The van der Waals surface area contributed by atoms with Crippen LogP contribution in [0.3, 0.4) is 0 Å². The lowest BCUT2D eigenvalue weighted by Gasteiger charge is -2.41. The molecule has 1 aliphatic carbocycles. The molecule has 4 amide bonds. The number of halogens is 2. The summed E-state index contributed by atoms with van der Waals surface area (Å²) in [7, 11) is 0. The zero-order valence-electron chi connectivity index (χ0n) is 49.4. The van der Waals surface area contributed by atoms with E-state index in [9.17, 15) is 78.4 Å². The van der Waals surface area contributed by atoms with Crippen LogP contribution in [0.15, 0.2) is 59.5 Å². The van der Waals surface area contributed by atoms with Crippen LogP contribution in [0.4, 0.5) is 8.78 Å². The first-order valence-electron chi connectivity index (χ1n) is 29.3. The Bertz CT molecular complexity index is 2320. The molecule has 0 aromatic rings. The number of nitrogens with zero attached hydrogens (tertiary/aromatic N) is 1. The summed E-state index contributed by atoms with van der Waals surface area (Å²) >= 11 is 0. The largest absolute Gasteiger partial charge is 0.456 e. The van der Waals surface area contributed by atoms with Gasteiger partial charge in [0.2, 0.25) is 17.7 Å². The number of rotatable bonds is 20. The summed E-state index contributed by atoms with van der Waals surface area (Å²) in [4.78, 5) is 81.7. The van der Waals surface area contributed by atoms with Gasteiger partial charge in [-0.05, 0) is 106 Å². The van der Waals surface area contributed by atoms with Crippen LogP contribution in [-0.4, -0.2) is 173 Å². The van der Waals surface area contributed by atoms with Gasteiger partial charge in [-0.15, -0.1) is 0 Å². The van der Waals surface area contributed by atoms with Crippen molar-refractivity contribution in [2.45, 2.75) is 225 Å². The van der Waals surface area contributed by atoms with Crippen molar-refractivity contribution in [1.82, 2.24) is 26.4 Å². The van der Waals surface area contributed by atoms with Gasteiger partial charge >= 0.3 is 5.97 Å². The number of aliphatic hydroxyl groups is 8. The second-order valence-electron chi connectivity index (χ2n) is 24.1. The number of Topliss-reactive ketones (excluding diaryl/α,β-unsaturated/α-hetero) is 1. The highest BCUT2D eigenvalue weighted by molar-refractivity contribution is 5.93. The van der Waals surface area contributed by atoms with Crippen LogP contribution >= 0.6 is 0 Å². The number of allylic oxidation sites excluding steroid dienone is 3. The number of cyclic esters (lactones) is 1. The van der Waals surface area contributed by atoms with Gasteiger partial charge in [0, 0.05) is 55.5 Å². The number of hydrogen-bond donors (Lipinski definition) is 12. The lowest BCUT2D eigenvalue weighted by Crippen LogP contribution is -2.62. The average Bonchev–Trinajstić information content (AvgIpc) is 3.48. The first-order chi connectivity index (χ1) is 38.5. The number of aliphatic hydroxyl groups excluding tert-OH is 8. The first kappa shape index (κ1) is 69.7. The first-order valence-corrected chi connectivity index (χ1v) is 29.3. The standard InChI is InChI=1S/C60H95F2N5O15/c1-11-39-24-33(6)53(65-56(39)77)37(10)54(75)36(9)47(72)29-46(71)31(4)19-22-45(70)48(73)25-32(5)50-18-14-12-13-17-44(69)35(8)55(76)40(21-20-34(7)68)57(78)64-52(30(2)3)58(79)63-43(27-38-26-41(61)51(62)49(74)28-38)59(80)67-23-15-16-42(66-67)60(81)82-50/h12-14,17,25-26,28,30-31,33,35-37,39-40,42-55,66,69-76H,11,15-16,18-24,27,29H2,1-10H3,(H,63,79)(H,64,78)(H,65,77). The molecule has 0 aromatic carbocycles. The minimum atomic E-state index is -2.36. The summed E-state index contributed by atoms with van der Waals surface area (Å²) in [6, 6.07) is -4.36. The maximum atomic E-state index is 14.7. The number of alkyl halides is 1. The van der Waals surface area contributed by atoms with Gasteiger partial charge in [0.15, 0.2) is 6.17 Å². The van der Waals surface area contributed by atoms with Gasteiger partial charge < -0.3 is 66.3 Å². The topological polar surface area (TPSA) is 325 Å². The Morgan fingerprint density at radius 3 is 2.20 bits per heavy atom. The number of nitrogens with one attached hydrogen (secondary N) is 4. The number of carbonyl (C=O) groups excluding carboxylic acids is 6. The monoisotopic (exact) mass is 1160 g/mol. The summed E-state index contributed by atoms with van der Waals surface area (Å²) in [6.45, 7) is 16.9. The van der Waals surface area contributed by atoms with E-state index in [-0.39, 0.29) is 99.0 Å². The SMILES string of the molecule is CCC1CC(C)C(C(C)C(O)C(C)C(O)CC(O)C(C)CCC(O)C(O)C=C(C)C2CC=CC=CC(O)C(C)C(O)C(CCC(C)=O)C(=O)NC(C(C)C)C(=O)NC(CC3=CC(O)C(F)C(F)=C3)C(=O)N3CCCC(N3)C(=O)O2)NC1=O. The molecule has 12 N–H and O–H groups in total. The fourth-order valence-electron chi connectivity index (χ4n) is 11.3. The Morgan fingerprint density at radius 1 is 0.878 bits per heavy atom. The smallest absolute Gasteiger partial charge is 0.325 e. The molecule has 0 saturated carbocycles. The van der Waals surface area contributed by atoms with Crippen molar-refractivity contribution in [3.63, 3.8) is 0 Å². The average molecular weight is 1160 g/mol. The number of carbonyl (C=O) groups is 6. The molecular weight excluding hydrogens is 1070 g/mol. The molecule has 0 spiro atoms. The highest BCUT2D eigenvalue weighted by Gasteiger charge is 2.42. The molecule has 22 heteroatoms. The molecule has 2 bridgehead atoms. The number of esters is 1. The summed E-state index contributed by atoms with van der Waals surface area (Å²) < 4.78 is 35.1. The van der Waals surface area contributed by atoms with Gasteiger partial charge in [-0.3, -0.25) is 29.0 Å². The summed E-state index contributed by atoms with van der Waals surface area (Å²) in [5.74, 6) is -9.40. The van der Waals surface area contributed by atoms with Gasteiger partial charge in [0.05, 0.1) is 48.6 Å². The maximum Gasteiger partial charge on any atom is 0.325 e. The normalized spacial score (nSPS) is 32.7. The Hall–Kier alpha value is -4.78. The third-order valence-corrected chi connectivity index (χ3v) is 17.2. The van der Waals surface area contributed by atoms with Crippen molar-refractivity contribution in [3.05, 3.63) is 59.5 Å². The van der Waals surface area contributed by atoms with Crippen LogP contribution in [0.5, 0.6) is 0 Å². The maximum absolute atomic E-state index is 14.7. The lowest BCUT2D eigenvalue weighted by molar-refractivity contribution is -0.156. The molecule has 0 aromatic heterocycles. The van der Waals surface area contributed by atoms with Crippen molar-refractivity contribution in [2.24, 2.45) is 47.3 Å². The van der Waals surface area contributed by atoms with Crippen molar-refractivity contribution in [3.8, 4) is 0 Å². The van der Waals surface area contributed by atoms with E-state index in [2.05, 4.69) is 21.4 Å². The third kappa shape index (κ3) is 19.6. The molecule has 0 radical (unpaired) electrons. The molecule has 3 heterocycles. The van der Waals surface area contributed by atoms with Gasteiger partial charge in [0.1, 0.15) is 41.9 Å². The van der Waals surface area contributed by atoms with E-state index in [1.807, 2.05) is 20.8 Å². The predicted octanol–water partition coefficient (Wildman–Crippen LogP) is 3.14. The molecule has 2 fully saturated rings. The Kier molecular flexibility index (Phi) is 27.6. The molecule has 464 valence electrons. The number of fused-ring (bicyclic) bond motifs is 2. The number of hydrazine groups is 1.